The number of benzene rings is 2. The molecule has 7 heteroatoms. The smallest absolute Gasteiger partial charge is 0.238 e. The van der Waals surface area contributed by atoms with E-state index in [2.05, 4.69) is 11.4 Å². The highest BCUT2D eigenvalue weighted by molar-refractivity contribution is 7.99. The molecule has 0 radical (unpaired) electrons. The molecule has 0 aromatic heterocycles. The van der Waals surface area contributed by atoms with Gasteiger partial charge in [-0.3, -0.25) is 4.79 Å². The Morgan fingerprint density at radius 2 is 1.88 bits per heavy atom. The van der Waals surface area contributed by atoms with E-state index in [4.69, 9.17) is 5.14 Å². The zero-order valence-electron chi connectivity index (χ0n) is 14.2. The van der Waals surface area contributed by atoms with Crippen molar-refractivity contribution >= 4 is 27.7 Å². The van der Waals surface area contributed by atoms with Gasteiger partial charge in [0.2, 0.25) is 15.9 Å². The summed E-state index contributed by atoms with van der Waals surface area (Å²) in [5.41, 5.74) is 3.23. The third kappa shape index (κ3) is 6.19. The van der Waals surface area contributed by atoms with Crippen LogP contribution in [0.2, 0.25) is 0 Å². The normalized spacial score (nSPS) is 12.6. The molecule has 0 bridgehead atoms. The highest BCUT2D eigenvalue weighted by Crippen LogP contribution is 2.17. The summed E-state index contributed by atoms with van der Waals surface area (Å²) in [4.78, 5) is 12.1. The second kappa shape index (κ2) is 8.51. The van der Waals surface area contributed by atoms with Crippen molar-refractivity contribution in [1.29, 1.82) is 0 Å². The molecule has 0 saturated heterocycles. The zero-order valence-corrected chi connectivity index (χ0v) is 15.9. The second-order valence-corrected chi connectivity index (χ2v) is 8.43. The van der Waals surface area contributed by atoms with Crippen molar-refractivity contribution in [3.05, 3.63) is 65.2 Å². The highest BCUT2D eigenvalue weighted by Gasteiger charge is 2.12. The minimum atomic E-state index is -3.70. The van der Waals surface area contributed by atoms with Crippen LogP contribution in [-0.4, -0.2) is 20.1 Å². The number of primary sulfonamides is 1. The fourth-order valence-electron chi connectivity index (χ4n) is 2.38. The van der Waals surface area contributed by atoms with E-state index in [9.17, 15) is 13.2 Å². The molecule has 0 fully saturated rings. The Morgan fingerprint density at radius 1 is 1.20 bits per heavy atom. The number of hydrogen-bond acceptors (Lipinski definition) is 4. The highest BCUT2D eigenvalue weighted by atomic mass is 32.2. The maximum atomic E-state index is 12.1. The summed E-state index contributed by atoms with van der Waals surface area (Å²) in [5.74, 6) is 1.10. The topological polar surface area (TPSA) is 89.3 Å². The van der Waals surface area contributed by atoms with Crippen LogP contribution in [0.1, 0.15) is 29.7 Å². The van der Waals surface area contributed by atoms with Gasteiger partial charge in [0, 0.05) is 5.75 Å². The number of carbonyl (C=O) groups excluding carboxylic acids is 1. The number of amides is 1. The van der Waals surface area contributed by atoms with Gasteiger partial charge in [0.05, 0.1) is 16.7 Å². The molecule has 0 aliphatic rings. The van der Waals surface area contributed by atoms with E-state index < -0.39 is 10.0 Å². The summed E-state index contributed by atoms with van der Waals surface area (Å²) in [5, 5.41) is 7.99. The van der Waals surface area contributed by atoms with Crippen molar-refractivity contribution in [1.82, 2.24) is 5.32 Å². The average molecular weight is 379 g/mol. The van der Waals surface area contributed by atoms with E-state index >= 15 is 0 Å². The number of rotatable bonds is 7. The summed E-state index contributed by atoms with van der Waals surface area (Å²) in [6.07, 6.45) is 0. The van der Waals surface area contributed by atoms with Crippen molar-refractivity contribution in [2.75, 3.05) is 5.75 Å². The standard InChI is InChI=1S/C18H22N2O3S2/c1-13-4-3-5-15(10-13)11-24-12-18(21)20-14(2)16-6-8-17(9-7-16)25(19,22)23/h3-10,14H,11-12H2,1-2H3,(H,20,21)(H2,19,22,23)/t14-/m0/s1. The molecular weight excluding hydrogens is 356 g/mol. The molecule has 1 atom stereocenters. The van der Waals surface area contributed by atoms with Crippen LogP contribution in [0.15, 0.2) is 53.4 Å². The van der Waals surface area contributed by atoms with Crippen molar-refractivity contribution < 1.29 is 13.2 Å². The van der Waals surface area contributed by atoms with Crippen molar-refractivity contribution in [2.24, 2.45) is 5.14 Å². The molecule has 0 spiro atoms. The minimum Gasteiger partial charge on any atom is -0.349 e. The molecule has 0 heterocycles. The first kappa shape index (κ1) is 19.5. The summed E-state index contributed by atoms with van der Waals surface area (Å²) in [7, 11) is -3.70. The first-order valence-corrected chi connectivity index (χ1v) is 10.5. The van der Waals surface area contributed by atoms with Crippen LogP contribution in [-0.2, 0) is 20.6 Å². The van der Waals surface area contributed by atoms with E-state index in [1.165, 1.54) is 23.3 Å². The van der Waals surface area contributed by atoms with Crippen LogP contribution in [0.5, 0.6) is 0 Å². The van der Waals surface area contributed by atoms with E-state index in [1.54, 1.807) is 23.9 Å². The summed E-state index contributed by atoms with van der Waals surface area (Å²) in [6, 6.07) is 14.2. The molecule has 0 aliphatic carbocycles. The Morgan fingerprint density at radius 3 is 2.48 bits per heavy atom. The van der Waals surface area contributed by atoms with Crippen molar-refractivity contribution in [3.8, 4) is 0 Å². The Kier molecular flexibility index (Phi) is 6.64. The lowest BCUT2D eigenvalue weighted by atomic mass is 10.1. The molecule has 0 saturated carbocycles. The predicted molar refractivity (Wildman–Crippen MR) is 102 cm³/mol. The lowest BCUT2D eigenvalue weighted by Gasteiger charge is -2.14. The molecule has 0 aliphatic heterocycles. The SMILES string of the molecule is Cc1cccc(CSCC(=O)N[C@@H](C)c2ccc(S(N)(=O)=O)cc2)c1. The van der Waals surface area contributed by atoms with Crippen molar-refractivity contribution in [3.63, 3.8) is 0 Å². The van der Waals surface area contributed by atoms with Gasteiger partial charge in [-0.05, 0) is 37.1 Å². The van der Waals surface area contributed by atoms with E-state index in [-0.39, 0.29) is 16.8 Å². The fraction of sp³-hybridized carbons (Fsp3) is 0.278. The molecule has 0 unspecified atom stereocenters. The third-order valence-corrected chi connectivity index (χ3v) is 5.60. The Labute approximate surface area is 153 Å². The zero-order chi connectivity index (χ0) is 18.4. The summed E-state index contributed by atoms with van der Waals surface area (Å²) in [6.45, 7) is 3.90. The second-order valence-electron chi connectivity index (χ2n) is 5.89. The molecule has 1 amide bonds. The van der Waals surface area contributed by atoms with Gasteiger partial charge in [0.25, 0.3) is 0 Å². The van der Waals surface area contributed by atoms with E-state index in [0.717, 1.165) is 11.3 Å². The van der Waals surface area contributed by atoms with Crippen LogP contribution in [0.3, 0.4) is 0 Å². The van der Waals surface area contributed by atoms with Gasteiger partial charge in [-0.25, -0.2) is 13.6 Å². The fourth-order valence-corrected chi connectivity index (χ4v) is 3.68. The van der Waals surface area contributed by atoms with Crippen LogP contribution < -0.4 is 10.5 Å². The number of sulfonamides is 1. The van der Waals surface area contributed by atoms with E-state index in [0.29, 0.717) is 5.75 Å². The molecule has 5 nitrogen and oxygen atoms in total. The van der Waals surface area contributed by atoms with Crippen LogP contribution in [0, 0.1) is 6.92 Å². The number of nitrogens with one attached hydrogen (secondary N) is 1. The average Bonchev–Trinajstić information content (AvgIpc) is 2.54. The maximum Gasteiger partial charge on any atom is 0.238 e. The molecule has 2 aromatic rings. The van der Waals surface area contributed by atoms with Gasteiger partial charge in [-0.15, -0.1) is 11.8 Å². The molecule has 134 valence electrons. The lowest BCUT2D eigenvalue weighted by Crippen LogP contribution is -2.28. The number of thioether (sulfide) groups is 1. The Balaban J connectivity index is 1.83. The largest absolute Gasteiger partial charge is 0.349 e. The van der Waals surface area contributed by atoms with Crippen molar-refractivity contribution in [2.45, 2.75) is 30.5 Å². The number of aryl methyl sites for hydroxylation is 1. The summed E-state index contributed by atoms with van der Waals surface area (Å²) < 4.78 is 22.5. The number of nitrogens with two attached hydrogens (primary N) is 1. The van der Waals surface area contributed by atoms with E-state index in [1.807, 2.05) is 32.0 Å². The van der Waals surface area contributed by atoms with Crippen LogP contribution >= 0.6 is 11.8 Å². The van der Waals surface area contributed by atoms with Crippen LogP contribution in [0.25, 0.3) is 0 Å². The monoisotopic (exact) mass is 378 g/mol. The van der Waals surface area contributed by atoms with Gasteiger partial charge in [-0.2, -0.15) is 0 Å². The quantitative estimate of drug-likeness (QED) is 0.775. The van der Waals surface area contributed by atoms with Gasteiger partial charge >= 0.3 is 0 Å². The number of carbonyl (C=O) groups is 1. The summed E-state index contributed by atoms with van der Waals surface area (Å²) >= 11 is 1.56. The Hall–Kier alpha value is -1.83. The maximum absolute atomic E-state index is 12.1. The molecular formula is C18H22N2O3S2. The lowest BCUT2D eigenvalue weighted by molar-refractivity contribution is -0.119. The molecule has 25 heavy (non-hydrogen) atoms. The van der Waals surface area contributed by atoms with Gasteiger partial charge in [0.15, 0.2) is 0 Å². The third-order valence-electron chi connectivity index (χ3n) is 3.67. The minimum absolute atomic E-state index is 0.0549. The molecule has 2 aromatic carbocycles. The van der Waals surface area contributed by atoms with Gasteiger partial charge < -0.3 is 5.32 Å². The van der Waals surface area contributed by atoms with Gasteiger partial charge in [0.1, 0.15) is 0 Å². The Bertz CT molecular complexity index is 834. The van der Waals surface area contributed by atoms with Gasteiger partial charge in [-0.1, -0.05) is 42.0 Å². The van der Waals surface area contributed by atoms with Crippen LogP contribution in [0.4, 0.5) is 0 Å². The first-order chi connectivity index (χ1) is 11.8. The predicted octanol–water partition coefficient (Wildman–Crippen LogP) is 2.75. The molecule has 3 N–H and O–H groups in total. The molecule has 2 rings (SSSR count). The first-order valence-electron chi connectivity index (χ1n) is 7.81. The number of hydrogen-bond donors (Lipinski definition) is 2.